The number of aryl methyl sites for hydroxylation is 1. The van der Waals surface area contributed by atoms with E-state index in [0.29, 0.717) is 5.52 Å². The molecule has 1 nitrogen and oxygen atoms in total. The summed E-state index contributed by atoms with van der Waals surface area (Å²) in [6, 6.07) is 11.3. The Hall–Kier alpha value is -1.83. The van der Waals surface area contributed by atoms with Gasteiger partial charge in [-0.3, -0.25) is 0 Å². The molecular formula is C13H10FN. The highest BCUT2D eigenvalue weighted by molar-refractivity contribution is 6.07. The van der Waals surface area contributed by atoms with Crippen molar-refractivity contribution in [3.05, 3.63) is 47.8 Å². The van der Waals surface area contributed by atoms with Crippen molar-refractivity contribution in [3.63, 3.8) is 0 Å². The summed E-state index contributed by atoms with van der Waals surface area (Å²) in [5.74, 6) is -0.193. The molecule has 2 aromatic carbocycles. The number of hydrogen-bond donors (Lipinski definition) is 1. The van der Waals surface area contributed by atoms with E-state index in [0.717, 1.165) is 16.3 Å². The van der Waals surface area contributed by atoms with E-state index in [-0.39, 0.29) is 5.82 Å². The second kappa shape index (κ2) is 2.83. The lowest BCUT2D eigenvalue weighted by Crippen LogP contribution is -1.74. The average Bonchev–Trinajstić information content (AvgIpc) is 2.58. The second-order valence-electron chi connectivity index (χ2n) is 3.84. The Balaban J connectivity index is 2.58. The zero-order valence-electron chi connectivity index (χ0n) is 8.34. The fraction of sp³-hybridized carbons (Fsp3) is 0.0769. The quantitative estimate of drug-likeness (QED) is 0.567. The highest BCUT2D eigenvalue weighted by Gasteiger charge is 2.06. The molecule has 0 spiro atoms. The smallest absolute Gasteiger partial charge is 0.147 e. The van der Waals surface area contributed by atoms with Gasteiger partial charge < -0.3 is 4.98 Å². The van der Waals surface area contributed by atoms with E-state index in [4.69, 9.17) is 0 Å². The largest absolute Gasteiger partial charge is 0.352 e. The van der Waals surface area contributed by atoms with Crippen LogP contribution in [0, 0.1) is 12.7 Å². The van der Waals surface area contributed by atoms with Crippen molar-refractivity contribution >= 4 is 21.8 Å². The molecule has 0 radical (unpaired) electrons. The predicted molar refractivity (Wildman–Crippen MR) is 60.5 cm³/mol. The van der Waals surface area contributed by atoms with Gasteiger partial charge in [0.2, 0.25) is 0 Å². The maximum Gasteiger partial charge on any atom is 0.147 e. The van der Waals surface area contributed by atoms with Crippen LogP contribution in [0.5, 0.6) is 0 Å². The molecule has 0 aliphatic rings. The van der Waals surface area contributed by atoms with Gasteiger partial charge in [0.25, 0.3) is 0 Å². The van der Waals surface area contributed by atoms with Crippen molar-refractivity contribution in [3.8, 4) is 0 Å². The number of aromatic amines is 1. The van der Waals surface area contributed by atoms with Gasteiger partial charge in [0, 0.05) is 16.3 Å². The van der Waals surface area contributed by atoms with Crippen molar-refractivity contribution in [1.29, 1.82) is 0 Å². The molecule has 74 valence electrons. The Bertz CT molecular complexity index is 652. The van der Waals surface area contributed by atoms with Crippen molar-refractivity contribution < 1.29 is 4.39 Å². The SMILES string of the molecule is Cc1ccc2[nH]c3c(F)cccc3c2c1. The van der Waals surface area contributed by atoms with E-state index >= 15 is 0 Å². The molecule has 0 unspecified atom stereocenters. The minimum atomic E-state index is -0.193. The maximum absolute atomic E-state index is 13.5. The normalized spacial score (nSPS) is 11.3. The van der Waals surface area contributed by atoms with Crippen molar-refractivity contribution in [1.82, 2.24) is 4.98 Å². The Labute approximate surface area is 86.5 Å². The molecule has 2 heteroatoms. The number of para-hydroxylation sites is 1. The van der Waals surface area contributed by atoms with Crippen LogP contribution in [0.15, 0.2) is 36.4 Å². The number of hydrogen-bond acceptors (Lipinski definition) is 0. The van der Waals surface area contributed by atoms with Crippen LogP contribution >= 0.6 is 0 Å². The van der Waals surface area contributed by atoms with Gasteiger partial charge in [-0.05, 0) is 25.1 Å². The molecule has 0 bridgehead atoms. The monoisotopic (exact) mass is 199 g/mol. The maximum atomic E-state index is 13.5. The van der Waals surface area contributed by atoms with E-state index in [2.05, 4.69) is 11.1 Å². The molecule has 0 aliphatic heterocycles. The third-order valence-corrected chi connectivity index (χ3v) is 2.74. The summed E-state index contributed by atoms with van der Waals surface area (Å²) >= 11 is 0. The van der Waals surface area contributed by atoms with Gasteiger partial charge in [-0.1, -0.05) is 23.8 Å². The number of nitrogens with one attached hydrogen (secondary N) is 1. The summed E-state index contributed by atoms with van der Waals surface area (Å²) in [5.41, 5.74) is 2.77. The van der Waals surface area contributed by atoms with E-state index < -0.39 is 0 Å². The van der Waals surface area contributed by atoms with Gasteiger partial charge >= 0.3 is 0 Å². The highest BCUT2D eigenvalue weighted by atomic mass is 19.1. The van der Waals surface area contributed by atoms with Crippen LogP contribution in [0.3, 0.4) is 0 Å². The molecule has 3 aromatic rings. The van der Waals surface area contributed by atoms with Gasteiger partial charge in [-0.25, -0.2) is 4.39 Å². The Morgan fingerprint density at radius 2 is 1.93 bits per heavy atom. The number of halogens is 1. The number of fused-ring (bicyclic) bond motifs is 3. The highest BCUT2D eigenvalue weighted by Crippen LogP contribution is 2.27. The molecule has 0 fully saturated rings. The van der Waals surface area contributed by atoms with Crippen LogP contribution in [0.25, 0.3) is 21.8 Å². The van der Waals surface area contributed by atoms with Crippen LogP contribution in [0.4, 0.5) is 4.39 Å². The molecule has 0 saturated heterocycles. The number of rotatable bonds is 0. The van der Waals surface area contributed by atoms with E-state index in [1.165, 1.54) is 11.6 Å². The second-order valence-corrected chi connectivity index (χ2v) is 3.84. The molecule has 0 aliphatic carbocycles. The van der Waals surface area contributed by atoms with Crippen LogP contribution < -0.4 is 0 Å². The van der Waals surface area contributed by atoms with Crippen molar-refractivity contribution in [2.45, 2.75) is 6.92 Å². The van der Waals surface area contributed by atoms with E-state index in [1.54, 1.807) is 6.07 Å². The lowest BCUT2D eigenvalue weighted by molar-refractivity contribution is 0.637. The summed E-state index contributed by atoms with van der Waals surface area (Å²) < 4.78 is 13.5. The first-order chi connectivity index (χ1) is 7.25. The lowest BCUT2D eigenvalue weighted by Gasteiger charge is -1.93. The number of benzene rings is 2. The third kappa shape index (κ3) is 1.14. The zero-order valence-corrected chi connectivity index (χ0v) is 8.34. The minimum Gasteiger partial charge on any atom is -0.352 e. The van der Waals surface area contributed by atoms with Gasteiger partial charge in [0.15, 0.2) is 0 Å². The topological polar surface area (TPSA) is 15.8 Å². The lowest BCUT2D eigenvalue weighted by atomic mass is 10.1. The first-order valence-electron chi connectivity index (χ1n) is 4.92. The average molecular weight is 199 g/mol. The van der Waals surface area contributed by atoms with E-state index in [9.17, 15) is 4.39 Å². The molecular weight excluding hydrogens is 189 g/mol. The first kappa shape index (κ1) is 8.48. The molecule has 0 atom stereocenters. The summed E-state index contributed by atoms with van der Waals surface area (Å²) in [7, 11) is 0. The van der Waals surface area contributed by atoms with Gasteiger partial charge in [-0.2, -0.15) is 0 Å². The first-order valence-corrected chi connectivity index (χ1v) is 4.92. The fourth-order valence-corrected chi connectivity index (χ4v) is 2.00. The minimum absolute atomic E-state index is 0.193. The summed E-state index contributed by atoms with van der Waals surface area (Å²) in [4.78, 5) is 3.10. The Morgan fingerprint density at radius 3 is 2.80 bits per heavy atom. The Morgan fingerprint density at radius 1 is 1.07 bits per heavy atom. The molecule has 1 heterocycles. The summed E-state index contributed by atoms with van der Waals surface area (Å²) in [6.45, 7) is 2.04. The van der Waals surface area contributed by atoms with Crippen LogP contribution in [0.1, 0.15) is 5.56 Å². The molecule has 0 saturated carbocycles. The third-order valence-electron chi connectivity index (χ3n) is 2.74. The molecule has 15 heavy (non-hydrogen) atoms. The Kier molecular flexibility index (Phi) is 1.60. The number of aromatic nitrogens is 1. The fourth-order valence-electron chi connectivity index (χ4n) is 2.00. The molecule has 3 rings (SSSR count). The van der Waals surface area contributed by atoms with Gasteiger partial charge in [0.1, 0.15) is 5.82 Å². The number of H-pyrrole nitrogens is 1. The van der Waals surface area contributed by atoms with Crippen LogP contribution in [-0.2, 0) is 0 Å². The van der Waals surface area contributed by atoms with Crippen molar-refractivity contribution in [2.24, 2.45) is 0 Å². The zero-order chi connectivity index (χ0) is 10.4. The standard InChI is InChI=1S/C13H10FN/c1-8-5-6-12-10(7-8)9-3-2-4-11(14)13(9)15-12/h2-7,15H,1H3. The van der Waals surface area contributed by atoms with Crippen molar-refractivity contribution in [2.75, 3.05) is 0 Å². The van der Waals surface area contributed by atoms with Gasteiger partial charge in [0.05, 0.1) is 5.52 Å². The predicted octanol–water partition coefficient (Wildman–Crippen LogP) is 3.77. The summed E-state index contributed by atoms with van der Waals surface area (Å²) in [5, 5.41) is 2.04. The summed E-state index contributed by atoms with van der Waals surface area (Å²) in [6.07, 6.45) is 0. The van der Waals surface area contributed by atoms with Gasteiger partial charge in [-0.15, -0.1) is 0 Å². The molecule has 0 amide bonds. The van der Waals surface area contributed by atoms with Crippen LogP contribution in [0.2, 0.25) is 0 Å². The molecule has 1 aromatic heterocycles. The van der Waals surface area contributed by atoms with Crippen LogP contribution in [-0.4, -0.2) is 4.98 Å². The van der Waals surface area contributed by atoms with E-state index in [1.807, 2.05) is 25.1 Å². The molecule has 1 N–H and O–H groups in total.